The lowest BCUT2D eigenvalue weighted by Crippen LogP contribution is -2.48. The van der Waals surface area contributed by atoms with Crippen molar-refractivity contribution < 1.29 is 29.0 Å². The monoisotopic (exact) mass is 611 g/mol. The van der Waals surface area contributed by atoms with Crippen LogP contribution in [0.5, 0.6) is 5.75 Å². The highest BCUT2D eigenvalue weighted by Crippen LogP contribution is 2.28. The van der Waals surface area contributed by atoms with Crippen LogP contribution in [-0.2, 0) is 4.74 Å². The van der Waals surface area contributed by atoms with Crippen LogP contribution in [-0.4, -0.2) is 90.5 Å². The smallest absolute Gasteiger partial charge is 0.321 e. The van der Waals surface area contributed by atoms with Crippen molar-refractivity contribution >= 4 is 29.3 Å². The van der Waals surface area contributed by atoms with Crippen molar-refractivity contribution in [1.29, 1.82) is 0 Å². The first-order valence-electron chi connectivity index (χ1n) is 15.5. The fourth-order valence-electron chi connectivity index (χ4n) is 4.99. The van der Waals surface area contributed by atoms with Gasteiger partial charge in [0.2, 0.25) is 0 Å². The number of urea groups is 2. The van der Waals surface area contributed by atoms with Gasteiger partial charge in [-0.3, -0.25) is 4.79 Å². The van der Waals surface area contributed by atoms with Crippen LogP contribution in [0, 0.1) is 5.92 Å². The molecule has 0 fully saturated rings. The summed E-state index contributed by atoms with van der Waals surface area (Å²) in [6.45, 7) is 10.3. The Bertz CT molecular complexity index is 1230. The maximum atomic E-state index is 14.2. The molecule has 1 aliphatic heterocycles. The molecule has 0 aromatic heterocycles. The molecule has 3 rings (SSSR count). The van der Waals surface area contributed by atoms with Crippen molar-refractivity contribution in [1.82, 2.24) is 15.1 Å². The molecule has 11 nitrogen and oxygen atoms in total. The van der Waals surface area contributed by atoms with Gasteiger partial charge in [0.15, 0.2) is 0 Å². The van der Waals surface area contributed by atoms with Crippen LogP contribution >= 0.6 is 0 Å². The zero-order chi connectivity index (χ0) is 32.2. The number of nitrogens with one attached hydrogen (secondary N) is 3. The molecule has 44 heavy (non-hydrogen) atoms. The minimum absolute atomic E-state index is 0.0564. The molecular formula is C33H49N5O6. The third-order valence-electron chi connectivity index (χ3n) is 7.55. The fraction of sp³-hybridized carbons (Fsp3) is 0.545. The number of carbonyl (C=O) groups excluding carboxylic acids is 3. The lowest BCUT2D eigenvalue weighted by Gasteiger charge is -2.35. The van der Waals surface area contributed by atoms with E-state index in [4.69, 9.17) is 9.47 Å². The highest BCUT2D eigenvalue weighted by molar-refractivity contribution is 5.99. The number of likely N-dealkylation sites (N-methyl/N-ethyl adjacent to an activating group) is 1. The van der Waals surface area contributed by atoms with Gasteiger partial charge in [0, 0.05) is 50.1 Å². The van der Waals surface area contributed by atoms with Crippen molar-refractivity contribution in [2.24, 2.45) is 5.92 Å². The summed E-state index contributed by atoms with van der Waals surface area (Å²) in [6, 6.07) is 13.1. The van der Waals surface area contributed by atoms with E-state index in [2.05, 4.69) is 16.0 Å². The molecule has 0 saturated heterocycles. The second-order valence-corrected chi connectivity index (χ2v) is 11.9. The zero-order valence-corrected chi connectivity index (χ0v) is 26.8. The van der Waals surface area contributed by atoms with Crippen molar-refractivity contribution in [2.45, 2.75) is 78.2 Å². The van der Waals surface area contributed by atoms with Crippen molar-refractivity contribution in [3.63, 3.8) is 0 Å². The van der Waals surface area contributed by atoms with Crippen LogP contribution in [0.2, 0.25) is 0 Å². The van der Waals surface area contributed by atoms with Crippen molar-refractivity contribution in [3.8, 4) is 5.75 Å². The quantitative estimate of drug-likeness (QED) is 0.341. The van der Waals surface area contributed by atoms with Gasteiger partial charge in [-0.25, -0.2) is 9.59 Å². The van der Waals surface area contributed by atoms with E-state index in [1.54, 1.807) is 42.0 Å². The van der Waals surface area contributed by atoms with E-state index in [0.29, 0.717) is 35.8 Å². The first kappa shape index (κ1) is 34.7. The van der Waals surface area contributed by atoms with Crippen LogP contribution < -0.4 is 20.7 Å². The number of rotatable bonds is 7. The normalized spacial score (nSPS) is 20.5. The number of carbonyl (C=O) groups is 3. The molecule has 0 aliphatic carbocycles. The summed E-state index contributed by atoms with van der Waals surface area (Å²) >= 11 is 0. The minimum atomic E-state index is -0.510. The number of fused-ring (bicyclic) bond motifs is 1. The number of nitrogens with zero attached hydrogens (tertiary/aromatic N) is 2. The van der Waals surface area contributed by atoms with E-state index in [0.717, 1.165) is 19.3 Å². The molecule has 4 N–H and O–H groups in total. The Balaban J connectivity index is 1.89. The number of aliphatic hydroxyl groups is 1. The molecule has 11 heteroatoms. The minimum Gasteiger partial charge on any atom is -0.490 e. The number of amides is 5. The molecule has 1 heterocycles. The zero-order valence-electron chi connectivity index (χ0n) is 26.8. The van der Waals surface area contributed by atoms with Gasteiger partial charge in [-0.2, -0.15) is 0 Å². The average molecular weight is 612 g/mol. The van der Waals surface area contributed by atoms with E-state index in [1.165, 1.54) is 0 Å². The first-order valence-corrected chi connectivity index (χ1v) is 15.5. The van der Waals surface area contributed by atoms with Gasteiger partial charge in [-0.05, 0) is 77.3 Å². The SMILES string of the molecule is CC(C)NC(=O)Nc1ccc2c(c1)C(=O)N([C@@H](C)CO)C[C@H](C)[C@@H](CN(C)C(=O)Nc1ccccc1)OCCCC[C@H](C)O2. The lowest BCUT2D eigenvalue weighted by atomic mass is 10.0. The molecule has 0 saturated carbocycles. The van der Waals surface area contributed by atoms with Crippen LogP contribution in [0.3, 0.4) is 0 Å². The molecule has 1 aliphatic rings. The molecule has 0 spiro atoms. The summed E-state index contributed by atoms with van der Waals surface area (Å²) in [5, 5.41) is 18.6. The number of hydrogen-bond acceptors (Lipinski definition) is 6. The van der Waals surface area contributed by atoms with Gasteiger partial charge in [-0.1, -0.05) is 25.1 Å². The molecule has 2 aromatic carbocycles. The van der Waals surface area contributed by atoms with Gasteiger partial charge >= 0.3 is 12.1 Å². The molecule has 2 aromatic rings. The number of anilines is 2. The van der Waals surface area contributed by atoms with Gasteiger partial charge in [0.25, 0.3) is 5.91 Å². The van der Waals surface area contributed by atoms with Crippen LogP contribution in [0.4, 0.5) is 21.0 Å². The number of para-hydroxylation sites is 1. The molecular weight excluding hydrogens is 562 g/mol. The van der Waals surface area contributed by atoms with Crippen molar-refractivity contribution in [2.75, 3.05) is 44.0 Å². The van der Waals surface area contributed by atoms with Gasteiger partial charge in [0.1, 0.15) is 5.75 Å². The van der Waals surface area contributed by atoms with E-state index >= 15 is 0 Å². The molecule has 242 valence electrons. The number of benzene rings is 2. The maximum Gasteiger partial charge on any atom is 0.321 e. The Labute approximate surface area is 261 Å². The van der Waals surface area contributed by atoms with Crippen LogP contribution in [0.25, 0.3) is 0 Å². The van der Waals surface area contributed by atoms with Gasteiger partial charge in [-0.15, -0.1) is 0 Å². The van der Waals surface area contributed by atoms with E-state index in [-0.39, 0.29) is 55.3 Å². The highest BCUT2D eigenvalue weighted by atomic mass is 16.5. The van der Waals surface area contributed by atoms with E-state index in [1.807, 2.05) is 58.0 Å². The predicted octanol–water partition coefficient (Wildman–Crippen LogP) is 5.18. The third kappa shape index (κ3) is 10.4. The summed E-state index contributed by atoms with van der Waals surface area (Å²) in [6.07, 6.45) is 1.89. The second kappa shape index (κ2) is 16.9. The largest absolute Gasteiger partial charge is 0.490 e. The van der Waals surface area contributed by atoms with E-state index in [9.17, 15) is 19.5 Å². The Morgan fingerprint density at radius 2 is 1.77 bits per heavy atom. The third-order valence-corrected chi connectivity index (χ3v) is 7.55. The fourth-order valence-corrected chi connectivity index (χ4v) is 4.99. The van der Waals surface area contributed by atoms with Crippen LogP contribution in [0.1, 0.15) is 64.2 Å². The molecule has 0 bridgehead atoms. The summed E-state index contributed by atoms with van der Waals surface area (Å²) in [5.74, 6) is -0.105. The topological polar surface area (TPSA) is 132 Å². The summed E-state index contributed by atoms with van der Waals surface area (Å²) < 4.78 is 12.6. The van der Waals surface area contributed by atoms with Gasteiger partial charge < -0.3 is 40.3 Å². The van der Waals surface area contributed by atoms with E-state index < -0.39 is 6.04 Å². The maximum absolute atomic E-state index is 14.2. The first-order chi connectivity index (χ1) is 21.0. The second-order valence-electron chi connectivity index (χ2n) is 11.9. The number of hydrogen-bond donors (Lipinski definition) is 4. The average Bonchev–Trinajstić information content (AvgIpc) is 2.98. The molecule has 0 unspecified atom stereocenters. The predicted molar refractivity (Wildman–Crippen MR) is 172 cm³/mol. The lowest BCUT2D eigenvalue weighted by molar-refractivity contribution is -0.0115. The number of ether oxygens (including phenoxy) is 2. The summed E-state index contributed by atoms with van der Waals surface area (Å²) in [4.78, 5) is 42.8. The molecule has 5 amide bonds. The van der Waals surface area contributed by atoms with Crippen molar-refractivity contribution in [3.05, 3.63) is 54.1 Å². The molecule has 4 atom stereocenters. The standard InChI is InChI=1S/C33H49N5O6/c1-22(2)34-32(41)35-27-15-16-29-28(18-27)31(40)38(24(4)21-39)19-23(3)30(43-17-11-10-12-25(5)44-29)20-37(6)33(42)36-26-13-8-7-9-14-26/h7-9,13-16,18,22-25,30,39H,10-12,17,19-21H2,1-6H3,(H,36,42)(H2,34,35,41)/t23-,24-,25-,30+/m0/s1. The van der Waals surface area contributed by atoms with Crippen LogP contribution in [0.15, 0.2) is 48.5 Å². The Morgan fingerprint density at radius 1 is 1.05 bits per heavy atom. The number of aliphatic hydroxyl groups excluding tert-OH is 1. The van der Waals surface area contributed by atoms with Gasteiger partial charge in [0.05, 0.1) is 30.4 Å². The summed E-state index contributed by atoms with van der Waals surface area (Å²) in [7, 11) is 1.72. The Kier molecular flexibility index (Phi) is 13.3. The molecule has 0 radical (unpaired) electrons. The Hall–Kier alpha value is -3.83. The summed E-state index contributed by atoms with van der Waals surface area (Å²) in [5.41, 5.74) is 1.44. The Morgan fingerprint density at radius 3 is 2.45 bits per heavy atom. The highest BCUT2D eigenvalue weighted by Gasteiger charge is 2.31.